The molecule has 1 rings (SSSR count). The van der Waals surface area contributed by atoms with Crippen molar-refractivity contribution in [3.8, 4) is 12.3 Å². The highest BCUT2D eigenvalue weighted by molar-refractivity contribution is 5.92. The number of carbonyl (C=O) groups excluding carboxylic acids is 1. The smallest absolute Gasteiger partial charge is 0.250 e. The largest absolute Gasteiger partial charge is 0.324 e. The first-order valence-corrected chi connectivity index (χ1v) is 4.74. The molecule has 5 heteroatoms. The van der Waals surface area contributed by atoms with E-state index in [1.54, 1.807) is 19.3 Å². The third-order valence-electron chi connectivity index (χ3n) is 1.88. The molecule has 5 nitrogen and oxygen atoms in total. The van der Waals surface area contributed by atoms with Crippen LogP contribution in [0.2, 0.25) is 0 Å². The molecule has 1 aromatic rings. The van der Waals surface area contributed by atoms with Gasteiger partial charge in [0, 0.05) is 19.3 Å². The second kappa shape index (κ2) is 5.73. The average Bonchev–Trinajstić information content (AvgIpc) is 2.24. The minimum absolute atomic E-state index is 0.122. The van der Waals surface area contributed by atoms with Crippen molar-refractivity contribution in [2.75, 3.05) is 18.4 Å². The molecular weight excluding hydrogens is 206 g/mol. The number of pyridine rings is 1. The first-order chi connectivity index (χ1) is 7.63. The number of nitrogens with one attached hydrogen (secondary N) is 2. The number of amides is 1. The predicted molar refractivity (Wildman–Crippen MR) is 62.0 cm³/mol. The van der Waals surface area contributed by atoms with Gasteiger partial charge in [-0.15, -0.1) is 6.42 Å². The molecule has 0 saturated heterocycles. The summed E-state index contributed by atoms with van der Waals surface area (Å²) >= 11 is 0. The molecule has 0 aliphatic heterocycles. The fraction of sp³-hybridized carbons (Fsp3) is 0.273. The topological polar surface area (TPSA) is 63.1 Å². The number of nitrogens with zero attached hydrogens (tertiary/aromatic N) is 1. The molecule has 0 aliphatic rings. The summed E-state index contributed by atoms with van der Waals surface area (Å²) in [6.45, 7) is 0.494. The number of terminal acetylenes is 1. The Morgan fingerprint density at radius 1 is 1.56 bits per heavy atom. The number of rotatable bonds is 4. The van der Waals surface area contributed by atoms with Crippen molar-refractivity contribution in [2.45, 2.75) is 0 Å². The molecule has 2 N–H and O–H groups in total. The number of aryl methyl sites for hydroxylation is 1. The lowest BCUT2D eigenvalue weighted by molar-refractivity contribution is -0.115. The van der Waals surface area contributed by atoms with E-state index in [1.165, 1.54) is 10.6 Å². The number of carbonyl (C=O) groups is 1. The maximum Gasteiger partial charge on any atom is 0.250 e. The van der Waals surface area contributed by atoms with Crippen LogP contribution in [0.5, 0.6) is 0 Å². The molecule has 0 aliphatic carbocycles. The van der Waals surface area contributed by atoms with Crippen molar-refractivity contribution in [3.05, 3.63) is 28.7 Å². The SMILES string of the molecule is C#CCNCC(=O)Nc1ccc(=O)n(C)c1. The van der Waals surface area contributed by atoms with Crippen LogP contribution in [0.15, 0.2) is 23.1 Å². The lowest BCUT2D eigenvalue weighted by Crippen LogP contribution is -2.28. The van der Waals surface area contributed by atoms with Crippen LogP contribution in [0, 0.1) is 12.3 Å². The van der Waals surface area contributed by atoms with E-state index in [-0.39, 0.29) is 18.0 Å². The molecule has 1 aromatic heterocycles. The summed E-state index contributed by atoms with van der Waals surface area (Å²) in [5.41, 5.74) is 0.457. The van der Waals surface area contributed by atoms with Gasteiger partial charge < -0.3 is 9.88 Å². The maximum atomic E-state index is 11.4. The Hall–Kier alpha value is -2.06. The van der Waals surface area contributed by atoms with Gasteiger partial charge in [0.05, 0.1) is 18.8 Å². The zero-order valence-corrected chi connectivity index (χ0v) is 8.99. The molecule has 1 amide bonds. The van der Waals surface area contributed by atoms with Crippen LogP contribution < -0.4 is 16.2 Å². The van der Waals surface area contributed by atoms with E-state index < -0.39 is 0 Å². The van der Waals surface area contributed by atoms with Crippen LogP contribution in [-0.4, -0.2) is 23.6 Å². The molecule has 1 heterocycles. The van der Waals surface area contributed by atoms with Gasteiger partial charge in [-0.05, 0) is 6.07 Å². The van der Waals surface area contributed by atoms with Crippen molar-refractivity contribution in [3.63, 3.8) is 0 Å². The van der Waals surface area contributed by atoms with Crippen molar-refractivity contribution in [1.29, 1.82) is 0 Å². The minimum Gasteiger partial charge on any atom is -0.324 e. The lowest BCUT2D eigenvalue weighted by Gasteiger charge is -2.06. The summed E-state index contributed by atoms with van der Waals surface area (Å²) in [4.78, 5) is 22.4. The van der Waals surface area contributed by atoms with Gasteiger partial charge in [0.15, 0.2) is 0 Å². The van der Waals surface area contributed by atoms with E-state index in [4.69, 9.17) is 6.42 Å². The van der Waals surface area contributed by atoms with Crippen LogP contribution in [-0.2, 0) is 11.8 Å². The van der Waals surface area contributed by atoms with E-state index in [2.05, 4.69) is 16.6 Å². The normalized spacial score (nSPS) is 9.50. The standard InChI is InChI=1S/C11H13N3O2/c1-3-6-12-7-10(15)13-9-4-5-11(16)14(2)8-9/h1,4-5,8,12H,6-7H2,2H3,(H,13,15). The quantitative estimate of drug-likeness (QED) is 0.532. The Morgan fingerprint density at radius 3 is 2.94 bits per heavy atom. The average molecular weight is 219 g/mol. The van der Waals surface area contributed by atoms with Gasteiger partial charge in [-0.3, -0.25) is 14.9 Å². The highest BCUT2D eigenvalue weighted by atomic mass is 16.2. The third kappa shape index (κ3) is 3.59. The molecule has 84 valence electrons. The summed E-state index contributed by atoms with van der Waals surface area (Å²) < 4.78 is 1.39. The van der Waals surface area contributed by atoms with Crippen LogP contribution >= 0.6 is 0 Å². The zero-order valence-electron chi connectivity index (χ0n) is 8.99. The van der Waals surface area contributed by atoms with E-state index in [0.29, 0.717) is 12.2 Å². The number of aromatic nitrogens is 1. The van der Waals surface area contributed by atoms with Crippen LogP contribution in [0.1, 0.15) is 0 Å². The summed E-state index contributed by atoms with van der Waals surface area (Å²) in [6.07, 6.45) is 6.58. The summed E-state index contributed by atoms with van der Waals surface area (Å²) in [5, 5.41) is 5.40. The summed E-state index contributed by atoms with van der Waals surface area (Å²) in [5.74, 6) is 2.17. The molecule has 16 heavy (non-hydrogen) atoms. The molecule has 0 aromatic carbocycles. The van der Waals surface area contributed by atoms with Crippen LogP contribution in [0.25, 0.3) is 0 Å². The molecule has 0 spiro atoms. The van der Waals surface area contributed by atoms with Crippen molar-refractivity contribution >= 4 is 11.6 Å². The predicted octanol–water partition coefficient (Wildman–Crippen LogP) is -0.453. The van der Waals surface area contributed by atoms with Gasteiger partial charge in [0.25, 0.3) is 0 Å². The maximum absolute atomic E-state index is 11.4. The molecule has 0 bridgehead atoms. The second-order valence-corrected chi connectivity index (χ2v) is 3.22. The monoisotopic (exact) mass is 219 g/mol. The van der Waals surface area contributed by atoms with Crippen LogP contribution in [0.3, 0.4) is 0 Å². The lowest BCUT2D eigenvalue weighted by atomic mass is 10.4. The Balaban J connectivity index is 2.54. The van der Waals surface area contributed by atoms with Gasteiger partial charge in [0.2, 0.25) is 11.5 Å². The van der Waals surface area contributed by atoms with Gasteiger partial charge in [-0.1, -0.05) is 5.92 Å². The molecule has 0 unspecified atom stereocenters. The van der Waals surface area contributed by atoms with Crippen molar-refractivity contribution < 1.29 is 4.79 Å². The zero-order chi connectivity index (χ0) is 12.0. The second-order valence-electron chi connectivity index (χ2n) is 3.22. The number of hydrogen-bond acceptors (Lipinski definition) is 3. The minimum atomic E-state index is -0.200. The van der Waals surface area contributed by atoms with E-state index in [9.17, 15) is 9.59 Å². The Morgan fingerprint density at radius 2 is 2.31 bits per heavy atom. The highest BCUT2D eigenvalue weighted by Gasteiger charge is 2.01. The highest BCUT2D eigenvalue weighted by Crippen LogP contribution is 2.01. The molecule has 0 fully saturated rings. The molecular formula is C11H13N3O2. The first-order valence-electron chi connectivity index (χ1n) is 4.74. The van der Waals surface area contributed by atoms with Gasteiger partial charge in [-0.2, -0.15) is 0 Å². The molecule has 0 saturated carbocycles. The third-order valence-corrected chi connectivity index (χ3v) is 1.88. The number of anilines is 1. The van der Waals surface area contributed by atoms with Crippen molar-refractivity contribution in [2.24, 2.45) is 7.05 Å². The number of hydrogen-bond donors (Lipinski definition) is 2. The van der Waals surface area contributed by atoms with Crippen LogP contribution in [0.4, 0.5) is 5.69 Å². The Labute approximate surface area is 93.5 Å². The fourth-order valence-corrected chi connectivity index (χ4v) is 1.12. The van der Waals surface area contributed by atoms with Gasteiger partial charge in [-0.25, -0.2) is 0 Å². The molecule has 0 atom stereocenters. The molecule has 0 radical (unpaired) electrons. The fourth-order valence-electron chi connectivity index (χ4n) is 1.12. The van der Waals surface area contributed by atoms with E-state index in [0.717, 1.165) is 0 Å². The van der Waals surface area contributed by atoms with Gasteiger partial charge >= 0.3 is 0 Å². The van der Waals surface area contributed by atoms with E-state index >= 15 is 0 Å². The van der Waals surface area contributed by atoms with Crippen molar-refractivity contribution in [1.82, 2.24) is 9.88 Å². The van der Waals surface area contributed by atoms with E-state index in [1.807, 2.05) is 0 Å². The Kier molecular flexibility index (Phi) is 4.30. The summed E-state index contributed by atoms with van der Waals surface area (Å²) in [6, 6.07) is 2.95. The van der Waals surface area contributed by atoms with Gasteiger partial charge in [0.1, 0.15) is 0 Å². The first kappa shape index (κ1) is 12.0. The summed E-state index contributed by atoms with van der Waals surface area (Å²) in [7, 11) is 1.62. The Bertz CT molecular complexity index is 471.